The van der Waals surface area contributed by atoms with Gasteiger partial charge in [-0.15, -0.1) is 0 Å². The van der Waals surface area contributed by atoms with Gasteiger partial charge < -0.3 is 0 Å². The molecule has 0 aromatic heterocycles. The highest BCUT2D eigenvalue weighted by Crippen LogP contribution is 2.51. The van der Waals surface area contributed by atoms with Gasteiger partial charge in [-0.25, -0.2) is 0 Å². The molecule has 10 aromatic rings. The van der Waals surface area contributed by atoms with Crippen LogP contribution in [-0.2, 0) is 5.41 Å². The van der Waals surface area contributed by atoms with E-state index < -0.39 is 0 Å². The third-order valence-corrected chi connectivity index (χ3v) is 12.1. The van der Waals surface area contributed by atoms with E-state index in [1.165, 1.54) is 109 Å². The second-order valence-electron chi connectivity index (χ2n) is 15.2. The van der Waals surface area contributed by atoms with Crippen LogP contribution in [0.3, 0.4) is 0 Å². The summed E-state index contributed by atoms with van der Waals surface area (Å²) in [6, 6.07) is 67.9. The summed E-state index contributed by atoms with van der Waals surface area (Å²) in [6.45, 7) is 4.77. The van der Waals surface area contributed by atoms with Crippen LogP contribution in [0.4, 0.5) is 0 Å². The van der Waals surface area contributed by atoms with Crippen LogP contribution in [0, 0.1) is 0 Å². The predicted molar refractivity (Wildman–Crippen MR) is 228 cm³/mol. The summed E-state index contributed by atoms with van der Waals surface area (Å²) in [7, 11) is 0. The molecule has 1 aliphatic rings. The zero-order valence-electron chi connectivity index (χ0n) is 29.8. The molecule has 0 bridgehead atoms. The van der Waals surface area contributed by atoms with Gasteiger partial charge in [0.25, 0.3) is 0 Å². The van der Waals surface area contributed by atoms with Gasteiger partial charge >= 0.3 is 0 Å². The normalized spacial score (nSPS) is 13.2. The topological polar surface area (TPSA) is 0 Å². The first kappa shape index (κ1) is 30.2. The average molecular weight is 673 g/mol. The Labute approximate surface area is 309 Å². The highest BCUT2D eigenvalue weighted by Gasteiger charge is 2.36. The Morgan fingerprint density at radius 3 is 1.32 bits per heavy atom. The molecule has 0 radical (unpaired) electrons. The van der Waals surface area contributed by atoms with E-state index in [4.69, 9.17) is 0 Å². The van der Waals surface area contributed by atoms with Crippen molar-refractivity contribution in [3.8, 4) is 44.5 Å². The van der Waals surface area contributed by atoms with Gasteiger partial charge in [0.2, 0.25) is 0 Å². The molecule has 0 spiro atoms. The van der Waals surface area contributed by atoms with Crippen molar-refractivity contribution in [3.05, 3.63) is 193 Å². The van der Waals surface area contributed by atoms with Gasteiger partial charge in [0.05, 0.1) is 0 Å². The lowest BCUT2D eigenvalue weighted by atomic mass is 9.80. The molecule has 53 heavy (non-hydrogen) atoms. The van der Waals surface area contributed by atoms with Crippen molar-refractivity contribution in [2.75, 3.05) is 0 Å². The summed E-state index contributed by atoms with van der Waals surface area (Å²) >= 11 is 0. The highest BCUT2D eigenvalue weighted by atomic mass is 14.4. The molecule has 0 heterocycles. The summed E-state index contributed by atoms with van der Waals surface area (Å²) < 4.78 is 0. The Hall–Kier alpha value is -6.50. The zero-order chi connectivity index (χ0) is 35.3. The summed E-state index contributed by atoms with van der Waals surface area (Å²) in [4.78, 5) is 0. The standard InChI is InChI=1S/C53H36/c1-53(2)50-30-34(33-14-4-3-5-15-33)24-26-44(50)45-27-25-35(31-51(45)53)36-28-29-43(38-17-7-6-16-37(36)38)48-32-49-41-20-9-8-18-39(41)40-19-10-12-22-46(40)52(49)47-23-13-11-21-42(47)48/h3-32H,1-2H3. The van der Waals surface area contributed by atoms with Crippen molar-refractivity contribution in [3.63, 3.8) is 0 Å². The van der Waals surface area contributed by atoms with Gasteiger partial charge in [-0.2, -0.15) is 0 Å². The Balaban J connectivity index is 1.11. The largest absolute Gasteiger partial charge is 0.0622 e. The van der Waals surface area contributed by atoms with Crippen molar-refractivity contribution in [1.82, 2.24) is 0 Å². The molecular formula is C53H36. The van der Waals surface area contributed by atoms with Crippen LogP contribution in [-0.4, -0.2) is 0 Å². The smallest absolute Gasteiger partial charge is 0.0159 e. The number of fused-ring (bicyclic) bond motifs is 12. The maximum absolute atomic E-state index is 2.47. The Morgan fingerprint density at radius 2 is 0.679 bits per heavy atom. The summed E-state index contributed by atoms with van der Waals surface area (Å²) in [5.41, 5.74) is 13.0. The van der Waals surface area contributed by atoms with E-state index >= 15 is 0 Å². The number of rotatable bonds is 3. The molecule has 0 nitrogen and oxygen atoms in total. The quantitative estimate of drug-likeness (QED) is 0.164. The van der Waals surface area contributed by atoms with E-state index in [2.05, 4.69) is 196 Å². The first-order valence-electron chi connectivity index (χ1n) is 18.7. The molecule has 0 saturated carbocycles. The van der Waals surface area contributed by atoms with Gasteiger partial charge in [-0.3, -0.25) is 0 Å². The van der Waals surface area contributed by atoms with Crippen molar-refractivity contribution >= 4 is 53.9 Å². The van der Waals surface area contributed by atoms with Crippen molar-refractivity contribution in [1.29, 1.82) is 0 Å². The maximum atomic E-state index is 2.47. The highest BCUT2D eigenvalue weighted by molar-refractivity contribution is 6.33. The van der Waals surface area contributed by atoms with E-state index in [0.29, 0.717) is 0 Å². The fourth-order valence-corrected chi connectivity index (χ4v) is 9.49. The van der Waals surface area contributed by atoms with Gasteiger partial charge in [-0.1, -0.05) is 178 Å². The Kier molecular flexibility index (Phi) is 6.40. The summed E-state index contributed by atoms with van der Waals surface area (Å²) in [6.07, 6.45) is 0. The third-order valence-electron chi connectivity index (χ3n) is 12.1. The minimum Gasteiger partial charge on any atom is -0.0622 e. The van der Waals surface area contributed by atoms with E-state index in [1.807, 2.05) is 0 Å². The molecule has 0 aliphatic heterocycles. The van der Waals surface area contributed by atoms with Gasteiger partial charge in [0.1, 0.15) is 0 Å². The maximum Gasteiger partial charge on any atom is 0.0159 e. The van der Waals surface area contributed by atoms with Crippen molar-refractivity contribution in [2.45, 2.75) is 19.3 Å². The molecule has 10 aromatic carbocycles. The second kappa shape index (κ2) is 11.2. The molecule has 0 N–H and O–H groups in total. The number of benzene rings is 10. The summed E-state index contributed by atoms with van der Waals surface area (Å²) in [5.74, 6) is 0. The van der Waals surface area contributed by atoms with Gasteiger partial charge in [0, 0.05) is 5.41 Å². The molecule has 0 heteroatoms. The fourth-order valence-electron chi connectivity index (χ4n) is 9.49. The van der Waals surface area contributed by atoms with Gasteiger partial charge in [-0.05, 0) is 128 Å². The molecule has 0 saturated heterocycles. The Bertz CT molecular complexity index is 3120. The molecule has 0 atom stereocenters. The minimum atomic E-state index is -0.113. The lowest BCUT2D eigenvalue weighted by Gasteiger charge is -2.23. The molecule has 1 aliphatic carbocycles. The fraction of sp³-hybridized carbons (Fsp3) is 0.0566. The first-order chi connectivity index (χ1) is 26.1. The van der Waals surface area contributed by atoms with Crippen LogP contribution in [0.5, 0.6) is 0 Å². The number of hydrogen-bond acceptors (Lipinski definition) is 0. The van der Waals surface area contributed by atoms with E-state index in [-0.39, 0.29) is 5.41 Å². The molecule has 0 fully saturated rings. The van der Waals surface area contributed by atoms with Crippen LogP contribution < -0.4 is 0 Å². The van der Waals surface area contributed by atoms with Crippen LogP contribution in [0.2, 0.25) is 0 Å². The monoisotopic (exact) mass is 672 g/mol. The molecular weight excluding hydrogens is 637 g/mol. The lowest BCUT2D eigenvalue weighted by Crippen LogP contribution is -2.15. The minimum absolute atomic E-state index is 0.113. The lowest BCUT2D eigenvalue weighted by molar-refractivity contribution is 0.661. The molecule has 248 valence electrons. The molecule has 0 amide bonds. The van der Waals surface area contributed by atoms with Crippen LogP contribution in [0.15, 0.2) is 182 Å². The second-order valence-corrected chi connectivity index (χ2v) is 15.2. The Morgan fingerprint density at radius 1 is 0.264 bits per heavy atom. The van der Waals surface area contributed by atoms with Gasteiger partial charge in [0.15, 0.2) is 0 Å². The third kappa shape index (κ3) is 4.36. The molecule has 0 unspecified atom stereocenters. The van der Waals surface area contributed by atoms with Crippen LogP contribution >= 0.6 is 0 Å². The van der Waals surface area contributed by atoms with Crippen molar-refractivity contribution in [2.24, 2.45) is 0 Å². The van der Waals surface area contributed by atoms with Crippen molar-refractivity contribution < 1.29 is 0 Å². The zero-order valence-corrected chi connectivity index (χ0v) is 29.8. The van der Waals surface area contributed by atoms with E-state index in [1.54, 1.807) is 0 Å². The van der Waals surface area contributed by atoms with E-state index in [0.717, 1.165) is 0 Å². The summed E-state index contributed by atoms with van der Waals surface area (Å²) in [5, 5.41) is 13.0. The number of hydrogen-bond donors (Lipinski definition) is 0. The van der Waals surface area contributed by atoms with Crippen LogP contribution in [0.25, 0.3) is 98.4 Å². The molecule has 11 rings (SSSR count). The predicted octanol–water partition coefficient (Wildman–Crippen LogP) is 14.8. The van der Waals surface area contributed by atoms with Crippen LogP contribution in [0.1, 0.15) is 25.0 Å². The average Bonchev–Trinajstić information content (AvgIpc) is 3.45. The van der Waals surface area contributed by atoms with E-state index in [9.17, 15) is 0 Å². The SMILES string of the molecule is CC1(C)c2cc(-c3ccccc3)ccc2-c2ccc(-c3ccc(-c4cc5c6ccccc6c6ccccc6c5c5ccccc45)c4ccccc34)cc21. The first-order valence-corrected chi connectivity index (χ1v) is 18.7.